The molecular formula is C6H9O3. The average Bonchev–Trinajstić information content (AvgIpc) is 1.89. The van der Waals surface area contributed by atoms with Crippen molar-refractivity contribution < 1.29 is 14.3 Å². The number of hydrogen-bond acceptors (Lipinski definition) is 3. The Kier molecular flexibility index (Phi) is 4.78. The van der Waals surface area contributed by atoms with E-state index in [0.717, 1.165) is 19.1 Å². The zero-order chi connectivity index (χ0) is 7.11. The summed E-state index contributed by atoms with van der Waals surface area (Å²) in [5.41, 5.74) is 0. The molecule has 0 fully saturated rings. The summed E-state index contributed by atoms with van der Waals surface area (Å²) in [7, 11) is 0. The van der Waals surface area contributed by atoms with Crippen LogP contribution in [0.5, 0.6) is 0 Å². The van der Waals surface area contributed by atoms with Crippen LogP contribution in [0.25, 0.3) is 0 Å². The minimum atomic E-state index is -0.900. The Bertz CT molecular complexity index is 98.5. The maximum absolute atomic E-state index is 10.0. The van der Waals surface area contributed by atoms with Gasteiger partial charge in [0.05, 0.1) is 6.61 Å². The quantitative estimate of drug-likeness (QED) is 0.314. The summed E-state index contributed by atoms with van der Waals surface area (Å²) in [5.74, 6) is -0.900. The molecule has 0 saturated heterocycles. The number of hydrogen-bond donors (Lipinski definition) is 0. The molecule has 0 rings (SSSR count). The van der Waals surface area contributed by atoms with E-state index in [4.69, 9.17) is 0 Å². The summed E-state index contributed by atoms with van der Waals surface area (Å²) in [5, 5.41) is 0. The fourth-order valence-corrected chi connectivity index (χ4v) is 0.339. The predicted octanol–water partition coefficient (Wildman–Crippen LogP) is 0.439. The van der Waals surface area contributed by atoms with E-state index < -0.39 is 5.97 Å². The van der Waals surface area contributed by atoms with Gasteiger partial charge in [0.15, 0.2) is 0 Å². The van der Waals surface area contributed by atoms with Gasteiger partial charge in [-0.2, -0.15) is 0 Å². The molecule has 51 valence electrons. The lowest BCUT2D eigenvalue weighted by Crippen LogP contribution is -2.05. The van der Waals surface area contributed by atoms with E-state index in [1.54, 1.807) is 0 Å². The molecular weight excluding hydrogens is 120 g/mol. The van der Waals surface area contributed by atoms with Gasteiger partial charge in [-0.15, -0.1) is 0 Å². The molecule has 3 nitrogen and oxygen atoms in total. The van der Waals surface area contributed by atoms with Crippen LogP contribution in [-0.2, 0) is 14.3 Å². The fraction of sp³-hybridized carbons (Fsp3) is 0.667. The SMILES string of the molecule is CCCCOC(=O)[C]=O. The van der Waals surface area contributed by atoms with E-state index in [9.17, 15) is 9.59 Å². The summed E-state index contributed by atoms with van der Waals surface area (Å²) >= 11 is 0. The number of ether oxygens (including phenoxy) is 1. The summed E-state index contributed by atoms with van der Waals surface area (Å²) < 4.78 is 4.37. The first-order valence-corrected chi connectivity index (χ1v) is 2.86. The van der Waals surface area contributed by atoms with Crippen LogP contribution >= 0.6 is 0 Å². The summed E-state index contributed by atoms with van der Waals surface area (Å²) in [6.07, 6.45) is 2.86. The maximum atomic E-state index is 10.0. The molecule has 0 heterocycles. The molecule has 3 heteroatoms. The highest BCUT2D eigenvalue weighted by Gasteiger charge is 1.97. The summed E-state index contributed by atoms with van der Waals surface area (Å²) in [6.45, 7) is 2.29. The minimum absolute atomic E-state index is 0.324. The zero-order valence-electron chi connectivity index (χ0n) is 5.35. The third-order valence-corrected chi connectivity index (χ3v) is 0.814. The highest BCUT2D eigenvalue weighted by molar-refractivity contribution is 6.20. The summed E-state index contributed by atoms with van der Waals surface area (Å²) in [6, 6.07) is 0. The molecule has 0 unspecified atom stereocenters. The Morgan fingerprint density at radius 1 is 1.67 bits per heavy atom. The molecule has 0 atom stereocenters. The van der Waals surface area contributed by atoms with Crippen LogP contribution in [0.2, 0.25) is 0 Å². The van der Waals surface area contributed by atoms with Crippen molar-refractivity contribution in [2.75, 3.05) is 6.61 Å². The van der Waals surface area contributed by atoms with Gasteiger partial charge in [0.2, 0.25) is 0 Å². The van der Waals surface area contributed by atoms with E-state index in [1.807, 2.05) is 6.92 Å². The first kappa shape index (κ1) is 8.14. The molecule has 0 aliphatic rings. The number of rotatable bonds is 4. The normalized spacial score (nSPS) is 8.56. The Hall–Kier alpha value is -0.860. The van der Waals surface area contributed by atoms with Crippen LogP contribution in [0.15, 0.2) is 0 Å². The monoisotopic (exact) mass is 129 g/mol. The third-order valence-electron chi connectivity index (χ3n) is 0.814. The van der Waals surface area contributed by atoms with E-state index in [2.05, 4.69) is 4.74 Å². The second-order valence-corrected chi connectivity index (χ2v) is 1.59. The van der Waals surface area contributed by atoms with Gasteiger partial charge in [-0.25, -0.2) is 4.79 Å². The van der Waals surface area contributed by atoms with Crippen molar-refractivity contribution >= 4 is 12.3 Å². The van der Waals surface area contributed by atoms with Crippen LogP contribution in [-0.4, -0.2) is 18.9 Å². The number of esters is 1. The average molecular weight is 129 g/mol. The molecule has 0 bridgehead atoms. The molecule has 0 spiro atoms. The van der Waals surface area contributed by atoms with Crippen molar-refractivity contribution in [2.24, 2.45) is 0 Å². The van der Waals surface area contributed by atoms with Crippen molar-refractivity contribution in [3.8, 4) is 0 Å². The molecule has 0 aliphatic heterocycles. The second-order valence-electron chi connectivity index (χ2n) is 1.59. The Balaban J connectivity index is 3.07. The highest BCUT2D eigenvalue weighted by Crippen LogP contribution is 1.86. The highest BCUT2D eigenvalue weighted by atomic mass is 16.5. The van der Waals surface area contributed by atoms with Crippen LogP contribution < -0.4 is 0 Å². The van der Waals surface area contributed by atoms with Gasteiger partial charge in [0.1, 0.15) is 0 Å². The van der Waals surface area contributed by atoms with Crippen molar-refractivity contribution in [3.05, 3.63) is 0 Å². The van der Waals surface area contributed by atoms with E-state index in [-0.39, 0.29) is 0 Å². The maximum Gasteiger partial charge on any atom is 0.383 e. The van der Waals surface area contributed by atoms with Crippen LogP contribution in [0.3, 0.4) is 0 Å². The molecule has 1 radical (unpaired) electrons. The second kappa shape index (κ2) is 5.28. The fourth-order valence-electron chi connectivity index (χ4n) is 0.339. The minimum Gasteiger partial charge on any atom is -0.460 e. The standard InChI is InChI=1S/C6H9O3/c1-2-3-4-9-6(8)5-7/h2-4H2,1H3. The van der Waals surface area contributed by atoms with Crippen molar-refractivity contribution in [2.45, 2.75) is 19.8 Å². The van der Waals surface area contributed by atoms with E-state index >= 15 is 0 Å². The molecule has 0 amide bonds. The Morgan fingerprint density at radius 3 is 2.78 bits per heavy atom. The molecule has 0 aliphatic carbocycles. The largest absolute Gasteiger partial charge is 0.460 e. The first-order valence-electron chi connectivity index (χ1n) is 2.86. The lowest BCUT2D eigenvalue weighted by Gasteiger charge is -1.95. The van der Waals surface area contributed by atoms with Crippen LogP contribution in [0.1, 0.15) is 19.8 Å². The van der Waals surface area contributed by atoms with Crippen molar-refractivity contribution in [1.82, 2.24) is 0 Å². The van der Waals surface area contributed by atoms with Gasteiger partial charge >= 0.3 is 12.3 Å². The van der Waals surface area contributed by atoms with Crippen molar-refractivity contribution in [1.29, 1.82) is 0 Å². The van der Waals surface area contributed by atoms with Gasteiger partial charge < -0.3 is 4.74 Å². The predicted molar refractivity (Wildman–Crippen MR) is 31.6 cm³/mol. The smallest absolute Gasteiger partial charge is 0.383 e. The van der Waals surface area contributed by atoms with Gasteiger partial charge in [-0.05, 0) is 6.42 Å². The number of carbonyl (C=O) groups excluding carboxylic acids is 2. The lowest BCUT2D eigenvalue weighted by molar-refractivity contribution is -0.135. The Labute approximate surface area is 54.0 Å². The van der Waals surface area contributed by atoms with Gasteiger partial charge in [0.25, 0.3) is 0 Å². The number of unbranched alkanes of at least 4 members (excludes halogenated alkanes) is 1. The molecule has 9 heavy (non-hydrogen) atoms. The topological polar surface area (TPSA) is 43.4 Å². The van der Waals surface area contributed by atoms with Crippen LogP contribution in [0.4, 0.5) is 0 Å². The van der Waals surface area contributed by atoms with E-state index in [0.29, 0.717) is 6.61 Å². The third kappa shape index (κ3) is 5.00. The molecule has 0 aromatic heterocycles. The van der Waals surface area contributed by atoms with Crippen molar-refractivity contribution in [3.63, 3.8) is 0 Å². The van der Waals surface area contributed by atoms with Gasteiger partial charge in [-0.3, -0.25) is 4.79 Å². The van der Waals surface area contributed by atoms with Gasteiger partial charge in [-0.1, -0.05) is 13.3 Å². The van der Waals surface area contributed by atoms with Crippen LogP contribution in [0, 0.1) is 0 Å². The van der Waals surface area contributed by atoms with E-state index in [1.165, 1.54) is 0 Å². The molecule has 0 aromatic carbocycles. The first-order chi connectivity index (χ1) is 4.31. The molecule has 0 aromatic rings. The van der Waals surface area contributed by atoms with Gasteiger partial charge in [0, 0.05) is 0 Å². The summed E-state index contributed by atoms with van der Waals surface area (Å²) in [4.78, 5) is 19.5. The number of carbonyl (C=O) groups is 1. The molecule has 0 N–H and O–H groups in total. The lowest BCUT2D eigenvalue weighted by atomic mass is 10.4. The molecule has 0 saturated carbocycles. The Morgan fingerprint density at radius 2 is 2.33 bits per heavy atom. The zero-order valence-corrected chi connectivity index (χ0v) is 5.35.